The normalized spacial score (nSPS) is 22.4. The van der Waals surface area contributed by atoms with E-state index in [9.17, 15) is 37.5 Å². The smallest absolute Gasteiger partial charge is 0.416 e. The predicted octanol–water partition coefficient (Wildman–Crippen LogP) is 4.28. The molecule has 3 atom stereocenters. The number of carboxylic acids is 1. The number of hydrogen-bond acceptors (Lipinski definition) is 7. The molecule has 3 unspecified atom stereocenters. The number of amides is 1. The van der Waals surface area contributed by atoms with E-state index in [0.717, 1.165) is 12.1 Å². The molecule has 1 amide bonds. The minimum absolute atomic E-state index is 0.0464. The van der Waals surface area contributed by atoms with E-state index in [2.05, 4.69) is 5.32 Å². The third-order valence-corrected chi connectivity index (χ3v) is 7.28. The fraction of sp³-hybridized carbons (Fsp3) is 0.214. The summed E-state index contributed by atoms with van der Waals surface area (Å²) in [5.41, 5.74) is -4.00. The lowest BCUT2D eigenvalue weighted by Crippen LogP contribution is -2.52. The highest BCUT2D eigenvalue weighted by molar-refractivity contribution is 6.34. The van der Waals surface area contributed by atoms with Crippen LogP contribution < -0.4 is 14.8 Å². The van der Waals surface area contributed by atoms with Crippen molar-refractivity contribution in [1.82, 2.24) is 0 Å². The number of hydrogen-bond donors (Lipinski definition) is 2. The van der Waals surface area contributed by atoms with Crippen molar-refractivity contribution in [3.63, 3.8) is 0 Å². The number of anilines is 1. The molecule has 6 rings (SSSR count). The van der Waals surface area contributed by atoms with Crippen molar-refractivity contribution in [3.8, 4) is 11.5 Å². The Morgan fingerprint density at radius 2 is 1.57 bits per heavy atom. The van der Waals surface area contributed by atoms with Gasteiger partial charge in [0.2, 0.25) is 29.9 Å². The molecule has 40 heavy (non-hydrogen) atoms. The molecule has 0 aromatic heterocycles. The van der Waals surface area contributed by atoms with Crippen LogP contribution in [0.4, 0.5) is 18.9 Å². The van der Waals surface area contributed by atoms with E-state index in [1.54, 1.807) is 0 Å². The quantitative estimate of drug-likeness (QED) is 0.459. The van der Waals surface area contributed by atoms with Gasteiger partial charge in [-0.25, -0.2) is 0 Å². The van der Waals surface area contributed by atoms with Crippen molar-refractivity contribution in [2.75, 3.05) is 12.1 Å². The van der Waals surface area contributed by atoms with Gasteiger partial charge in [0.25, 0.3) is 0 Å². The lowest BCUT2D eigenvalue weighted by molar-refractivity contribution is -0.147. The number of ketones is 2. The van der Waals surface area contributed by atoms with Gasteiger partial charge in [-0.2, -0.15) is 13.2 Å². The van der Waals surface area contributed by atoms with E-state index in [1.807, 2.05) is 0 Å². The second-order valence-corrected chi connectivity index (χ2v) is 9.50. The Labute approximate surface area is 223 Å². The van der Waals surface area contributed by atoms with Gasteiger partial charge in [0.15, 0.2) is 11.5 Å². The second-order valence-electron chi connectivity index (χ2n) is 9.50. The molecule has 1 fully saturated rings. The molecule has 0 saturated carbocycles. The Morgan fingerprint density at radius 1 is 0.900 bits per heavy atom. The Morgan fingerprint density at radius 3 is 2.23 bits per heavy atom. The summed E-state index contributed by atoms with van der Waals surface area (Å²) in [5, 5.41) is 12.9. The number of nitrogens with one attached hydrogen (secondary N) is 1. The van der Waals surface area contributed by atoms with Crippen LogP contribution in [0.1, 0.15) is 37.9 Å². The predicted molar refractivity (Wildman–Crippen MR) is 129 cm³/mol. The number of carboxylic acid groups (broad SMARTS) is 1. The number of ether oxygens (including phenoxy) is 3. The van der Waals surface area contributed by atoms with Gasteiger partial charge in [-0.3, -0.25) is 19.2 Å². The Bertz CT molecular complexity index is 1570. The highest BCUT2D eigenvalue weighted by Crippen LogP contribution is 2.54. The largest absolute Gasteiger partial charge is 0.481 e. The third-order valence-electron chi connectivity index (χ3n) is 7.28. The van der Waals surface area contributed by atoms with Crippen LogP contribution in [-0.2, 0) is 20.5 Å². The summed E-state index contributed by atoms with van der Waals surface area (Å²) in [6, 6.07) is 13.8. The molecule has 9 nitrogen and oxygen atoms in total. The zero-order valence-electron chi connectivity index (χ0n) is 20.2. The van der Waals surface area contributed by atoms with Crippen LogP contribution in [0.3, 0.4) is 0 Å². The maximum atomic E-state index is 13.8. The Kier molecular flexibility index (Phi) is 5.70. The van der Waals surface area contributed by atoms with Crippen LogP contribution in [0.15, 0.2) is 66.7 Å². The van der Waals surface area contributed by atoms with Crippen LogP contribution in [0.25, 0.3) is 0 Å². The van der Waals surface area contributed by atoms with E-state index >= 15 is 0 Å². The van der Waals surface area contributed by atoms with Crippen molar-refractivity contribution in [1.29, 1.82) is 0 Å². The van der Waals surface area contributed by atoms with Gasteiger partial charge in [-0.1, -0.05) is 36.4 Å². The summed E-state index contributed by atoms with van der Waals surface area (Å²) in [7, 11) is 0. The van der Waals surface area contributed by atoms with E-state index in [-0.39, 0.29) is 29.2 Å². The number of fused-ring (bicyclic) bond motifs is 2. The van der Waals surface area contributed by atoms with E-state index in [0.29, 0.717) is 17.6 Å². The van der Waals surface area contributed by atoms with Gasteiger partial charge in [0.1, 0.15) is 5.92 Å². The fourth-order valence-electron chi connectivity index (χ4n) is 5.53. The van der Waals surface area contributed by atoms with Crippen molar-refractivity contribution >= 4 is 29.1 Å². The SMILES string of the molecule is O=C(Nc1ccc2c(c1)OCO2)C1C(c2cccc(C(F)(F)F)c2)OC2(C(=O)c3ccccc3C2=O)C1C(=O)O. The van der Waals surface area contributed by atoms with Gasteiger partial charge < -0.3 is 24.6 Å². The molecule has 0 radical (unpaired) electrons. The lowest BCUT2D eigenvalue weighted by Gasteiger charge is -2.25. The molecule has 2 heterocycles. The average molecular weight is 553 g/mol. The molecule has 2 N–H and O–H groups in total. The molecule has 12 heteroatoms. The number of carbonyl (C=O) groups excluding carboxylic acids is 3. The molecule has 3 aromatic rings. The van der Waals surface area contributed by atoms with Crippen molar-refractivity contribution in [2.45, 2.75) is 17.9 Å². The Hall–Kier alpha value is -4.71. The molecule has 1 aliphatic carbocycles. The maximum Gasteiger partial charge on any atom is 0.416 e. The molecule has 1 saturated heterocycles. The summed E-state index contributed by atoms with van der Waals surface area (Å²) in [6.07, 6.45) is -6.46. The van der Waals surface area contributed by atoms with Crippen LogP contribution in [0.5, 0.6) is 11.5 Å². The van der Waals surface area contributed by atoms with E-state index in [4.69, 9.17) is 14.2 Å². The van der Waals surface area contributed by atoms with Crippen LogP contribution >= 0.6 is 0 Å². The first-order chi connectivity index (χ1) is 19.0. The third kappa shape index (κ3) is 3.74. The van der Waals surface area contributed by atoms with E-state index in [1.165, 1.54) is 48.5 Å². The van der Waals surface area contributed by atoms with Crippen LogP contribution in [0.2, 0.25) is 0 Å². The molecule has 2 aliphatic heterocycles. The van der Waals surface area contributed by atoms with Gasteiger partial charge in [-0.15, -0.1) is 0 Å². The highest BCUT2D eigenvalue weighted by atomic mass is 19.4. The van der Waals surface area contributed by atoms with E-state index < -0.39 is 58.7 Å². The number of Topliss-reactive ketones (excluding diaryl/α,β-unsaturated/α-hetero) is 2. The van der Waals surface area contributed by atoms with Crippen LogP contribution in [-0.4, -0.2) is 40.9 Å². The fourth-order valence-corrected chi connectivity index (χ4v) is 5.53. The molecular formula is C28H18F3NO8. The van der Waals surface area contributed by atoms with Gasteiger partial charge in [0, 0.05) is 22.9 Å². The van der Waals surface area contributed by atoms with Crippen molar-refractivity contribution in [2.24, 2.45) is 11.8 Å². The maximum absolute atomic E-state index is 13.8. The standard InChI is InChI=1S/C28H18F3NO8/c29-28(30,31)14-5-3-4-13(10-14)22-20(25(35)32-15-8-9-18-19(11-15)39-12-38-18)21(26(36)37)27(40-22)23(33)16-6-1-2-7-17(16)24(27)34/h1-11,20-22H,12H2,(H,32,35)(H,36,37). The first-order valence-corrected chi connectivity index (χ1v) is 12.0. The number of aliphatic carboxylic acids is 1. The first kappa shape index (κ1) is 25.6. The minimum atomic E-state index is -4.77. The van der Waals surface area contributed by atoms with Gasteiger partial charge in [0.05, 0.1) is 17.6 Å². The monoisotopic (exact) mass is 553 g/mol. The molecule has 1 spiro atoms. The molecule has 0 bridgehead atoms. The number of benzene rings is 3. The number of alkyl halides is 3. The minimum Gasteiger partial charge on any atom is -0.481 e. The molecule has 3 aliphatic rings. The lowest BCUT2D eigenvalue weighted by atomic mass is 9.75. The molecule has 204 valence electrons. The summed E-state index contributed by atoms with van der Waals surface area (Å²) >= 11 is 0. The summed E-state index contributed by atoms with van der Waals surface area (Å²) in [5.74, 6) is -7.77. The van der Waals surface area contributed by atoms with Crippen LogP contribution in [0, 0.1) is 11.8 Å². The second kappa shape index (κ2) is 8.91. The number of halogens is 3. The molecular weight excluding hydrogens is 535 g/mol. The number of carbonyl (C=O) groups is 4. The molecule has 3 aromatic carbocycles. The van der Waals surface area contributed by atoms with Gasteiger partial charge in [-0.05, 0) is 29.8 Å². The zero-order chi connectivity index (χ0) is 28.4. The number of rotatable bonds is 4. The summed E-state index contributed by atoms with van der Waals surface area (Å²) < 4.78 is 57.2. The summed E-state index contributed by atoms with van der Waals surface area (Å²) in [4.78, 5) is 53.8. The highest BCUT2D eigenvalue weighted by Gasteiger charge is 2.71. The summed E-state index contributed by atoms with van der Waals surface area (Å²) in [6.45, 7) is -0.0464. The van der Waals surface area contributed by atoms with Crippen molar-refractivity contribution < 1.29 is 51.7 Å². The van der Waals surface area contributed by atoms with Gasteiger partial charge >= 0.3 is 12.1 Å². The zero-order valence-corrected chi connectivity index (χ0v) is 20.2. The Balaban J connectivity index is 1.48. The van der Waals surface area contributed by atoms with Crippen molar-refractivity contribution in [3.05, 3.63) is 89.0 Å². The first-order valence-electron chi connectivity index (χ1n) is 12.0. The average Bonchev–Trinajstić information content (AvgIpc) is 3.60. The topological polar surface area (TPSA) is 128 Å².